The van der Waals surface area contributed by atoms with Gasteiger partial charge in [0.1, 0.15) is 17.3 Å². The van der Waals surface area contributed by atoms with Gasteiger partial charge in [-0.05, 0) is 65.7 Å². The van der Waals surface area contributed by atoms with Gasteiger partial charge in [0.05, 0.1) is 16.1 Å². The molecule has 4 rings (SSSR count). The van der Waals surface area contributed by atoms with E-state index < -0.39 is 17.7 Å². The van der Waals surface area contributed by atoms with Crippen molar-refractivity contribution in [1.82, 2.24) is 10.3 Å². The number of halogens is 2. The number of rotatable bonds is 7. The molecule has 1 aromatic heterocycles. The maximum Gasteiger partial charge on any atom is 0.335 e. The van der Waals surface area contributed by atoms with E-state index in [1.54, 1.807) is 42.6 Å². The smallest absolute Gasteiger partial charge is 0.335 e. The average Bonchev–Trinajstić information content (AvgIpc) is 2.85. The predicted molar refractivity (Wildman–Crippen MR) is 126 cm³/mol. The number of carbonyl (C=O) groups is 2. The standard InChI is InChI=1S/C26H18ClFN2O4/c27-23-15-29-12-11-21(23)18-5-10-24(34-20-8-6-19(28)7-9-20)22(13-18)25(31)30-14-16-1-3-17(4-2-16)26(32)33/h1-13,15H,14H2,(H,30,31)(H,32,33). The Morgan fingerprint density at radius 1 is 1.00 bits per heavy atom. The summed E-state index contributed by atoms with van der Waals surface area (Å²) in [6.07, 6.45) is 3.12. The van der Waals surface area contributed by atoms with Crippen molar-refractivity contribution in [1.29, 1.82) is 0 Å². The highest BCUT2D eigenvalue weighted by atomic mass is 35.5. The fourth-order valence-electron chi connectivity index (χ4n) is 3.25. The number of aromatic carboxylic acids is 1. The Morgan fingerprint density at radius 2 is 1.74 bits per heavy atom. The zero-order valence-corrected chi connectivity index (χ0v) is 18.4. The van der Waals surface area contributed by atoms with Crippen molar-refractivity contribution in [3.63, 3.8) is 0 Å². The number of benzene rings is 3. The second-order valence-corrected chi connectivity index (χ2v) is 7.71. The van der Waals surface area contributed by atoms with Crippen LogP contribution in [0.3, 0.4) is 0 Å². The zero-order chi connectivity index (χ0) is 24.1. The number of nitrogens with zero attached hydrogens (tertiary/aromatic N) is 1. The van der Waals surface area contributed by atoms with Crippen LogP contribution in [0.2, 0.25) is 5.02 Å². The van der Waals surface area contributed by atoms with Crippen molar-refractivity contribution in [2.75, 3.05) is 0 Å². The van der Waals surface area contributed by atoms with Crippen molar-refractivity contribution in [3.8, 4) is 22.6 Å². The third kappa shape index (κ3) is 5.39. The summed E-state index contributed by atoms with van der Waals surface area (Å²) in [5.41, 5.74) is 2.52. The Labute approximate surface area is 199 Å². The van der Waals surface area contributed by atoms with Crippen molar-refractivity contribution < 1.29 is 23.8 Å². The van der Waals surface area contributed by atoms with Crippen LogP contribution in [-0.4, -0.2) is 22.0 Å². The van der Waals surface area contributed by atoms with Crippen LogP contribution in [0.5, 0.6) is 11.5 Å². The molecule has 0 fully saturated rings. The van der Waals surface area contributed by atoms with Crippen LogP contribution in [0.1, 0.15) is 26.3 Å². The first-order chi connectivity index (χ1) is 16.4. The van der Waals surface area contributed by atoms with E-state index in [0.717, 1.165) is 5.56 Å². The van der Waals surface area contributed by atoms with Gasteiger partial charge in [-0.25, -0.2) is 9.18 Å². The molecule has 2 N–H and O–H groups in total. The minimum Gasteiger partial charge on any atom is -0.478 e. The summed E-state index contributed by atoms with van der Waals surface area (Å²) in [7, 11) is 0. The van der Waals surface area contributed by atoms with Crippen molar-refractivity contribution in [2.24, 2.45) is 0 Å². The Bertz CT molecular complexity index is 1340. The lowest BCUT2D eigenvalue weighted by Gasteiger charge is -2.14. The quantitative estimate of drug-likeness (QED) is 0.343. The van der Waals surface area contributed by atoms with E-state index in [0.29, 0.717) is 21.9 Å². The van der Waals surface area contributed by atoms with Gasteiger partial charge in [-0.2, -0.15) is 0 Å². The van der Waals surface area contributed by atoms with Crippen LogP contribution in [0.25, 0.3) is 11.1 Å². The molecule has 0 aliphatic rings. The highest BCUT2D eigenvalue weighted by molar-refractivity contribution is 6.33. The van der Waals surface area contributed by atoms with Gasteiger partial charge >= 0.3 is 5.97 Å². The van der Waals surface area contributed by atoms with Crippen LogP contribution in [0.15, 0.2) is 85.2 Å². The molecule has 0 aliphatic carbocycles. The van der Waals surface area contributed by atoms with Crippen molar-refractivity contribution >= 4 is 23.5 Å². The first kappa shape index (κ1) is 22.9. The molecular weight excluding hydrogens is 459 g/mol. The van der Waals surface area contributed by atoms with E-state index in [1.807, 2.05) is 0 Å². The van der Waals surface area contributed by atoms with Crippen LogP contribution in [-0.2, 0) is 6.54 Å². The van der Waals surface area contributed by atoms with Crippen LogP contribution in [0, 0.1) is 5.82 Å². The minimum atomic E-state index is -1.02. The molecule has 0 radical (unpaired) electrons. The molecule has 6 nitrogen and oxygen atoms in total. The maximum absolute atomic E-state index is 13.3. The number of amides is 1. The fraction of sp³-hybridized carbons (Fsp3) is 0.0385. The third-order valence-corrected chi connectivity index (χ3v) is 5.30. The molecule has 0 saturated heterocycles. The van der Waals surface area contributed by atoms with Gasteiger partial charge in [0.25, 0.3) is 5.91 Å². The van der Waals surface area contributed by atoms with Gasteiger partial charge in [-0.3, -0.25) is 9.78 Å². The largest absolute Gasteiger partial charge is 0.478 e. The molecule has 0 spiro atoms. The first-order valence-electron chi connectivity index (χ1n) is 10.2. The monoisotopic (exact) mass is 476 g/mol. The second-order valence-electron chi connectivity index (χ2n) is 7.31. The number of hydrogen-bond donors (Lipinski definition) is 2. The maximum atomic E-state index is 13.3. The highest BCUT2D eigenvalue weighted by Crippen LogP contribution is 2.33. The lowest BCUT2D eigenvalue weighted by Crippen LogP contribution is -2.23. The van der Waals surface area contributed by atoms with Gasteiger partial charge in [0.2, 0.25) is 0 Å². The van der Waals surface area contributed by atoms with Gasteiger partial charge in [-0.1, -0.05) is 29.8 Å². The lowest BCUT2D eigenvalue weighted by atomic mass is 10.0. The Morgan fingerprint density at radius 3 is 2.41 bits per heavy atom. The van der Waals surface area contributed by atoms with Crippen molar-refractivity contribution in [3.05, 3.63) is 113 Å². The SMILES string of the molecule is O=C(O)c1ccc(CNC(=O)c2cc(-c3ccncc3Cl)ccc2Oc2ccc(F)cc2)cc1. The summed E-state index contributed by atoms with van der Waals surface area (Å²) in [6.45, 7) is 0.176. The average molecular weight is 477 g/mol. The molecule has 1 heterocycles. The molecule has 3 aromatic carbocycles. The van der Waals surface area contributed by atoms with E-state index >= 15 is 0 Å². The molecule has 34 heavy (non-hydrogen) atoms. The number of hydrogen-bond acceptors (Lipinski definition) is 4. The van der Waals surface area contributed by atoms with E-state index in [2.05, 4.69) is 10.3 Å². The number of carboxylic acid groups (broad SMARTS) is 1. The zero-order valence-electron chi connectivity index (χ0n) is 17.7. The summed E-state index contributed by atoms with van der Waals surface area (Å²) in [6, 6.07) is 18.5. The molecule has 170 valence electrons. The minimum absolute atomic E-state index is 0.159. The molecule has 1 amide bonds. The summed E-state index contributed by atoms with van der Waals surface area (Å²) in [5.74, 6) is -1.19. The van der Waals surface area contributed by atoms with E-state index in [1.165, 1.54) is 42.6 Å². The number of pyridine rings is 1. The second kappa shape index (κ2) is 10.1. The fourth-order valence-corrected chi connectivity index (χ4v) is 3.47. The molecule has 4 aromatic rings. The predicted octanol–water partition coefficient (Wildman–Crippen LogP) is 5.96. The van der Waals surface area contributed by atoms with Gasteiger partial charge in [-0.15, -0.1) is 0 Å². The van der Waals surface area contributed by atoms with E-state index in [9.17, 15) is 14.0 Å². The van der Waals surface area contributed by atoms with Gasteiger partial charge in [0, 0.05) is 24.5 Å². The first-order valence-corrected chi connectivity index (χ1v) is 10.6. The van der Waals surface area contributed by atoms with Gasteiger partial charge in [0.15, 0.2) is 0 Å². The molecule has 0 atom stereocenters. The van der Waals surface area contributed by atoms with E-state index in [-0.39, 0.29) is 23.4 Å². The molecule has 0 unspecified atom stereocenters. The summed E-state index contributed by atoms with van der Waals surface area (Å²) in [4.78, 5) is 28.1. The van der Waals surface area contributed by atoms with Crippen molar-refractivity contribution in [2.45, 2.75) is 6.54 Å². The molecule has 0 aliphatic heterocycles. The Balaban J connectivity index is 1.62. The highest BCUT2D eigenvalue weighted by Gasteiger charge is 2.16. The Hall–Kier alpha value is -4.23. The third-order valence-electron chi connectivity index (χ3n) is 5.00. The lowest BCUT2D eigenvalue weighted by molar-refractivity contribution is 0.0696. The number of carboxylic acids is 1. The number of ether oxygens (including phenoxy) is 1. The topological polar surface area (TPSA) is 88.5 Å². The molecular formula is C26H18ClFN2O4. The summed E-state index contributed by atoms with van der Waals surface area (Å²) < 4.78 is 19.1. The normalized spacial score (nSPS) is 10.5. The summed E-state index contributed by atoms with van der Waals surface area (Å²) in [5, 5.41) is 12.3. The van der Waals surface area contributed by atoms with Crippen LogP contribution >= 0.6 is 11.6 Å². The molecule has 0 bridgehead atoms. The van der Waals surface area contributed by atoms with Crippen LogP contribution < -0.4 is 10.1 Å². The van der Waals surface area contributed by atoms with Gasteiger partial charge < -0.3 is 15.2 Å². The summed E-state index contributed by atoms with van der Waals surface area (Å²) >= 11 is 6.28. The number of carbonyl (C=O) groups excluding carboxylic acids is 1. The Kier molecular flexibility index (Phi) is 6.85. The number of nitrogens with one attached hydrogen (secondary N) is 1. The number of aromatic nitrogens is 1. The molecule has 8 heteroatoms. The van der Waals surface area contributed by atoms with Crippen LogP contribution in [0.4, 0.5) is 4.39 Å². The van der Waals surface area contributed by atoms with E-state index in [4.69, 9.17) is 21.4 Å². The molecule has 0 saturated carbocycles.